The molecule has 4 aromatic rings. The molecule has 0 unspecified atom stereocenters. The summed E-state index contributed by atoms with van der Waals surface area (Å²) in [6.45, 7) is 2.39. The Morgan fingerprint density at radius 3 is 2.85 bits per heavy atom. The molecule has 0 N–H and O–H groups in total. The number of benzene rings is 1. The molecule has 1 aromatic carbocycles. The summed E-state index contributed by atoms with van der Waals surface area (Å²) in [4.78, 5) is 8.93. The summed E-state index contributed by atoms with van der Waals surface area (Å²) in [5, 5.41) is 0. The van der Waals surface area contributed by atoms with E-state index >= 15 is 0 Å². The van der Waals surface area contributed by atoms with E-state index in [9.17, 15) is 8.78 Å². The number of halogens is 2. The molecule has 3 aromatic heterocycles. The van der Waals surface area contributed by atoms with Gasteiger partial charge >= 0.3 is 0 Å². The van der Waals surface area contributed by atoms with Crippen molar-refractivity contribution in [1.29, 1.82) is 0 Å². The number of aryl methyl sites for hydroxylation is 2. The van der Waals surface area contributed by atoms with Crippen molar-refractivity contribution >= 4 is 5.65 Å². The molecule has 1 aliphatic rings. The van der Waals surface area contributed by atoms with Crippen molar-refractivity contribution in [1.82, 2.24) is 18.9 Å². The Kier molecular flexibility index (Phi) is 3.22. The molecule has 0 aliphatic carbocycles. The Bertz CT molecular complexity index is 1160. The van der Waals surface area contributed by atoms with Gasteiger partial charge < -0.3 is 8.97 Å². The zero-order valence-electron chi connectivity index (χ0n) is 14.2. The van der Waals surface area contributed by atoms with Gasteiger partial charge in [-0.1, -0.05) is 6.07 Å². The fourth-order valence-corrected chi connectivity index (χ4v) is 3.70. The highest BCUT2D eigenvalue weighted by Crippen LogP contribution is 2.37. The van der Waals surface area contributed by atoms with Crippen LogP contribution in [0.4, 0.5) is 8.78 Å². The normalized spacial score (nSPS) is 13.5. The van der Waals surface area contributed by atoms with Gasteiger partial charge in [0.05, 0.1) is 11.4 Å². The number of fused-ring (bicyclic) bond motifs is 2. The van der Waals surface area contributed by atoms with Gasteiger partial charge in [-0.2, -0.15) is 0 Å². The number of nitrogens with zero attached hydrogens (tertiary/aromatic N) is 4. The lowest BCUT2D eigenvalue weighted by Gasteiger charge is -2.10. The molecule has 5 rings (SSSR count). The third-order valence-corrected chi connectivity index (χ3v) is 5.02. The lowest BCUT2D eigenvalue weighted by Crippen LogP contribution is -1.99. The Balaban J connectivity index is 1.79. The van der Waals surface area contributed by atoms with Gasteiger partial charge in [-0.3, -0.25) is 0 Å². The van der Waals surface area contributed by atoms with E-state index in [2.05, 4.69) is 14.5 Å². The molecule has 4 nitrogen and oxygen atoms in total. The molecule has 0 spiro atoms. The first-order chi connectivity index (χ1) is 12.6. The first-order valence-corrected chi connectivity index (χ1v) is 8.61. The lowest BCUT2D eigenvalue weighted by molar-refractivity contribution is 0.505. The first-order valence-electron chi connectivity index (χ1n) is 8.61. The molecule has 0 amide bonds. The van der Waals surface area contributed by atoms with Crippen LogP contribution in [0.15, 0.2) is 42.9 Å². The van der Waals surface area contributed by atoms with Crippen LogP contribution in [-0.2, 0) is 13.0 Å². The average Bonchev–Trinajstić information content (AvgIpc) is 3.34. The molecule has 26 heavy (non-hydrogen) atoms. The van der Waals surface area contributed by atoms with Gasteiger partial charge in [0.25, 0.3) is 0 Å². The highest BCUT2D eigenvalue weighted by molar-refractivity contribution is 5.80. The second kappa shape index (κ2) is 5.49. The number of pyridine rings is 1. The van der Waals surface area contributed by atoms with Crippen LogP contribution in [0.1, 0.15) is 17.8 Å². The maximum atomic E-state index is 14.7. The third kappa shape index (κ3) is 2.11. The van der Waals surface area contributed by atoms with E-state index in [0.29, 0.717) is 11.3 Å². The number of rotatable bonds is 2. The fraction of sp³-hybridized carbons (Fsp3) is 0.200. The van der Waals surface area contributed by atoms with Gasteiger partial charge in [-0.05, 0) is 37.1 Å². The van der Waals surface area contributed by atoms with Crippen LogP contribution in [0.2, 0.25) is 0 Å². The van der Waals surface area contributed by atoms with Gasteiger partial charge in [0.1, 0.15) is 11.5 Å². The fourth-order valence-electron chi connectivity index (χ4n) is 3.70. The number of hydrogen-bond donors (Lipinski definition) is 0. The monoisotopic (exact) mass is 350 g/mol. The number of hydrogen-bond acceptors (Lipinski definition) is 2. The van der Waals surface area contributed by atoms with Crippen LogP contribution in [0.5, 0.6) is 0 Å². The summed E-state index contributed by atoms with van der Waals surface area (Å²) in [5.41, 5.74) is 3.57. The molecule has 0 radical (unpaired) electrons. The van der Waals surface area contributed by atoms with Gasteiger partial charge in [-0.25, -0.2) is 18.7 Å². The molecule has 6 heteroatoms. The summed E-state index contributed by atoms with van der Waals surface area (Å²) in [6.07, 6.45) is 7.41. The average molecular weight is 350 g/mol. The van der Waals surface area contributed by atoms with Crippen LogP contribution in [0.3, 0.4) is 0 Å². The molecule has 4 heterocycles. The van der Waals surface area contributed by atoms with E-state index in [4.69, 9.17) is 0 Å². The summed E-state index contributed by atoms with van der Waals surface area (Å²) in [5.74, 6) is -0.737. The van der Waals surface area contributed by atoms with E-state index in [1.807, 2.05) is 28.9 Å². The van der Waals surface area contributed by atoms with E-state index in [-0.39, 0.29) is 5.56 Å². The number of imidazole rings is 2. The van der Waals surface area contributed by atoms with Crippen LogP contribution in [-0.4, -0.2) is 18.9 Å². The van der Waals surface area contributed by atoms with Gasteiger partial charge in [0.2, 0.25) is 0 Å². The SMILES string of the molecule is Cc1ccc(-c2nc3n(c2-c2ccc4nccn4c2)CCC3)c(F)c1F. The smallest absolute Gasteiger partial charge is 0.168 e. The molecule has 0 saturated carbocycles. The summed E-state index contributed by atoms with van der Waals surface area (Å²) in [7, 11) is 0. The van der Waals surface area contributed by atoms with E-state index in [1.54, 1.807) is 25.3 Å². The molecule has 0 bridgehead atoms. The molecule has 0 saturated heterocycles. The van der Waals surface area contributed by atoms with Crippen molar-refractivity contribution < 1.29 is 8.78 Å². The molecule has 0 fully saturated rings. The highest BCUT2D eigenvalue weighted by Gasteiger charge is 2.26. The van der Waals surface area contributed by atoms with Crippen molar-refractivity contribution in [2.24, 2.45) is 0 Å². The quantitative estimate of drug-likeness (QED) is 0.537. The van der Waals surface area contributed by atoms with Crippen molar-refractivity contribution in [3.05, 3.63) is 65.9 Å². The van der Waals surface area contributed by atoms with Gasteiger partial charge in [-0.15, -0.1) is 0 Å². The summed E-state index contributed by atoms with van der Waals surface area (Å²) < 4.78 is 32.9. The van der Waals surface area contributed by atoms with E-state index < -0.39 is 11.6 Å². The topological polar surface area (TPSA) is 35.1 Å². The zero-order valence-corrected chi connectivity index (χ0v) is 14.2. The molecular formula is C20H16F2N4. The molecular weight excluding hydrogens is 334 g/mol. The Labute approximate surface area is 148 Å². The minimum atomic E-state index is -0.841. The first kappa shape index (κ1) is 15.3. The second-order valence-electron chi connectivity index (χ2n) is 6.65. The predicted molar refractivity (Wildman–Crippen MR) is 94.8 cm³/mol. The van der Waals surface area contributed by atoms with Crippen LogP contribution >= 0.6 is 0 Å². The summed E-state index contributed by atoms with van der Waals surface area (Å²) >= 11 is 0. The predicted octanol–water partition coefficient (Wildman–Crippen LogP) is 4.40. The molecule has 1 aliphatic heterocycles. The van der Waals surface area contributed by atoms with Crippen molar-refractivity contribution in [3.8, 4) is 22.5 Å². The van der Waals surface area contributed by atoms with Gasteiger partial charge in [0, 0.05) is 42.7 Å². The minimum Gasteiger partial charge on any atom is -0.327 e. The number of aromatic nitrogens is 4. The maximum absolute atomic E-state index is 14.7. The van der Waals surface area contributed by atoms with Crippen molar-refractivity contribution in [3.63, 3.8) is 0 Å². The minimum absolute atomic E-state index is 0.204. The van der Waals surface area contributed by atoms with E-state index in [0.717, 1.165) is 42.1 Å². The Morgan fingerprint density at radius 1 is 1.08 bits per heavy atom. The van der Waals surface area contributed by atoms with Crippen LogP contribution < -0.4 is 0 Å². The maximum Gasteiger partial charge on any atom is 0.168 e. The highest BCUT2D eigenvalue weighted by atomic mass is 19.2. The largest absolute Gasteiger partial charge is 0.327 e. The van der Waals surface area contributed by atoms with Crippen LogP contribution in [0.25, 0.3) is 28.2 Å². The Morgan fingerprint density at radius 2 is 1.96 bits per heavy atom. The standard InChI is InChI=1S/C20H16F2N4/c1-12-4-6-14(18(22)17(12)21)19-20(26-9-2-3-16(26)24-19)13-5-7-15-23-8-10-25(15)11-13/h4-8,10-11H,2-3,9H2,1H3. The van der Waals surface area contributed by atoms with E-state index in [1.165, 1.54) is 0 Å². The molecule has 130 valence electrons. The Hall–Kier alpha value is -3.02. The third-order valence-electron chi connectivity index (χ3n) is 5.02. The second-order valence-corrected chi connectivity index (χ2v) is 6.65. The van der Waals surface area contributed by atoms with Crippen LogP contribution in [0, 0.1) is 18.6 Å². The molecule has 0 atom stereocenters. The summed E-state index contributed by atoms with van der Waals surface area (Å²) in [6, 6.07) is 7.09. The van der Waals surface area contributed by atoms with Gasteiger partial charge in [0.15, 0.2) is 11.6 Å². The van der Waals surface area contributed by atoms with Crippen molar-refractivity contribution in [2.45, 2.75) is 26.3 Å². The van der Waals surface area contributed by atoms with Crippen molar-refractivity contribution in [2.75, 3.05) is 0 Å². The lowest BCUT2D eigenvalue weighted by atomic mass is 10.0. The zero-order chi connectivity index (χ0) is 17.8.